The Balaban J connectivity index is 1.99. The summed E-state index contributed by atoms with van der Waals surface area (Å²) in [6.07, 6.45) is 4.78. The number of anilines is 1. The number of nitrogens with one attached hydrogen (secondary N) is 2. The van der Waals surface area contributed by atoms with Gasteiger partial charge in [-0.1, -0.05) is 6.42 Å². The van der Waals surface area contributed by atoms with Gasteiger partial charge in [-0.15, -0.1) is 0 Å². The lowest BCUT2D eigenvalue weighted by molar-refractivity contribution is -0.384. The Morgan fingerprint density at radius 3 is 2.95 bits per heavy atom. The molecular weight excluding hydrogens is 270 g/mol. The van der Waals surface area contributed by atoms with Crippen LogP contribution in [0, 0.1) is 10.1 Å². The number of piperidine rings is 1. The molecule has 1 fully saturated rings. The molecule has 0 saturated carbocycles. The summed E-state index contributed by atoms with van der Waals surface area (Å²) in [7, 11) is 1.53. The van der Waals surface area contributed by atoms with Crippen LogP contribution in [0.3, 0.4) is 0 Å². The zero-order chi connectivity index (χ0) is 15.2. The van der Waals surface area contributed by atoms with E-state index in [1.165, 1.54) is 38.5 Å². The van der Waals surface area contributed by atoms with Gasteiger partial charge in [-0.2, -0.15) is 0 Å². The number of hydrogen-bond acceptors (Lipinski definition) is 5. The molecule has 1 aromatic rings. The molecule has 0 aromatic heterocycles. The second kappa shape index (κ2) is 7.26. The van der Waals surface area contributed by atoms with Crippen molar-refractivity contribution >= 4 is 11.4 Å². The van der Waals surface area contributed by atoms with E-state index in [-0.39, 0.29) is 11.7 Å². The largest absolute Gasteiger partial charge is 0.494 e. The van der Waals surface area contributed by atoms with Crippen LogP contribution in [0.2, 0.25) is 0 Å². The maximum atomic E-state index is 10.8. The van der Waals surface area contributed by atoms with Gasteiger partial charge in [-0.05, 0) is 38.8 Å². The van der Waals surface area contributed by atoms with Crippen molar-refractivity contribution in [3.63, 3.8) is 0 Å². The standard InChI is InChI=1S/C15H23N3O3/c1-11(9-12-5-3-4-8-16-12)17-14-7-6-13(18(19)20)10-15(14)21-2/h6-7,10-12,16-17H,3-5,8-9H2,1-2H3. The number of rotatable bonds is 6. The molecule has 1 aromatic carbocycles. The lowest BCUT2D eigenvalue weighted by Gasteiger charge is -2.27. The summed E-state index contributed by atoms with van der Waals surface area (Å²) >= 11 is 0. The van der Waals surface area contributed by atoms with Crippen molar-refractivity contribution in [2.45, 2.75) is 44.7 Å². The average molecular weight is 293 g/mol. The molecule has 6 nitrogen and oxygen atoms in total. The van der Waals surface area contributed by atoms with Crippen molar-refractivity contribution in [2.75, 3.05) is 19.0 Å². The number of ether oxygens (including phenoxy) is 1. The van der Waals surface area contributed by atoms with Gasteiger partial charge >= 0.3 is 0 Å². The molecule has 0 bridgehead atoms. The first-order valence-corrected chi connectivity index (χ1v) is 7.42. The predicted molar refractivity (Wildman–Crippen MR) is 83.0 cm³/mol. The van der Waals surface area contributed by atoms with Gasteiger partial charge in [0.05, 0.1) is 23.8 Å². The lowest BCUT2D eigenvalue weighted by atomic mass is 9.98. The normalized spacial score (nSPS) is 19.8. The maximum absolute atomic E-state index is 10.8. The summed E-state index contributed by atoms with van der Waals surface area (Å²) in [5.74, 6) is 0.507. The third kappa shape index (κ3) is 4.32. The van der Waals surface area contributed by atoms with Crippen LogP contribution < -0.4 is 15.4 Å². The molecule has 2 N–H and O–H groups in total. The van der Waals surface area contributed by atoms with E-state index in [0.717, 1.165) is 18.7 Å². The minimum atomic E-state index is -0.415. The smallest absolute Gasteiger partial charge is 0.273 e. The fourth-order valence-electron chi connectivity index (χ4n) is 2.79. The Morgan fingerprint density at radius 2 is 2.33 bits per heavy atom. The molecule has 1 saturated heterocycles. The first-order chi connectivity index (χ1) is 10.1. The first kappa shape index (κ1) is 15.6. The highest BCUT2D eigenvalue weighted by atomic mass is 16.6. The van der Waals surface area contributed by atoms with E-state index in [2.05, 4.69) is 17.6 Å². The summed E-state index contributed by atoms with van der Waals surface area (Å²) < 4.78 is 5.24. The fourth-order valence-corrected chi connectivity index (χ4v) is 2.79. The van der Waals surface area contributed by atoms with Crippen molar-refractivity contribution < 1.29 is 9.66 Å². The molecule has 1 aliphatic rings. The minimum Gasteiger partial charge on any atom is -0.494 e. The summed E-state index contributed by atoms with van der Waals surface area (Å²) in [6.45, 7) is 3.22. The average Bonchev–Trinajstić information content (AvgIpc) is 2.48. The summed E-state index contributed by atoms with van der Waals surface area (Å²) in [4.78, 5) is 10.4. The second-order valence-corrected chi connectivity index (χ2v) is 5.57. The molecule has 0 radical (unpaired) electrons. The minimum absolute atomic E-state index is 0.0407. The first-order valence-electron chi connectivity index (χ1n) is 7.42. The van der Waals surface area contributed by atoms with E-state index in [4.69, 9.17) is 4.74 Å². The van der Waals surface area contributed by atoms with Crippen molar-refractivity contribution in [1.82, 2.24) is 5.32 Å². The second-order valence-electron chi connectivity index (χ2n) is 5.57. The van der Waals surface area contributed by atoms with Crippen molar-refractivity contribution in [2.24, 2.45) is 0 Å². The van der Waals surface area contributed by atoms with Crippen molar-refractivity contribution in [3.05, 3.63) is 28.3 Å². The predicted octanol–water partition coefficient (Wildman–Crippen LogP) is 2.94. The van der Waals surface area contributed by atoms with Crippen LogP contribution in [-0.2, 0) is 0 Å². The summed E-state index contributed by atoms with van der Waals surface area (Å²) in [6, 6.07) is 5.48. The van der Waals surface area contributed by atoms with Crippen LogP contribution in [0.4, 0.5) is 11.4 Å². The van der Waals surface area contributed by atoms with Crippen LogP contribution in [-0.4, -0.2) is 30.7 Å². The van der Waals surface area contributed by atoms with E-state index >= 15 is 0 Å². The molecule has 21 heavy (non-hydrogen) atoms. The number of nitro groups is 1. The van der Waals surface area contributed by atoms with E-state index in [9.17, 15) is 10.1 Å². The number of methoxy groups -OCH3 is 1. The van der Waals surface area contributed by atoms with E-state index in [1.54, 1.807) is 6.07 Å². The van der Waals surface area contributed by atoms with Gasteiger partial charge in [0.15, 0.2) is 0 Å². The van der Waals surface area contributed by atoms with Gasteiger partial charge in [-0.25, -0.2) is 0 Å². The number of hydrogen-bond donors (Lipinski definition) is 2. The SMILES string of the molecule is COc1cc([N+](=O)[O-])ccc1NC(C)CC1CCCCN1. The molecule has 0 spiro atoms. The Kier molecular flexibility index (Phi) is 5.38. The van der Waals surface area contributed by atoms with Gasteiger partial charge in [0.2, 0.25) is 0 Å². The Hall–Kier alpha value is -1.82. The van der Waals surface area contributed by atoms with Gasteiger partial charge < -0.3 is 15.4 Å². The third-order valence-corrected chi connectivity index (χ3v) is 3.85. The Labute approximate surface area is 125 Å². The van der Waals surface area contributed by atoms with Gasteiger partial charge in [-0.3, -0.25) is 10.1 Å². The van der Waals surface area contributed by atoms with E-state index in [0.29, 0.717) is 11.8 Å². The highest BCUT2D eigenvalue weighted by Gasteiger charge is 2.17. The van der Waals surface area contributed by atoms with E-state index in [1.807, 2.05) is 0 Å². The fraction of sp³-hybridized carbons (Fsp3) is 0.600. The summed E-state index contributed by atoms with van der Waals surface area (Å²) in [5.41, 5.74) is 0.838. The molecule has 0 amide bonds. The van der Waals surface area contributed by atoms with Crippen LogP contribution in [0.1, 0.15) is 32.6 Å². The number of nitrogens with zero attached hydrogens (tertiary/aromatic N) is 1. The van der Waals surface area contributed by atoms with Crippen LogP contribution in [0.15, 0.2) is 18.2 Å². The molecular formula is C15H23N3O3. The highest BCUT2D eigenvalue weighted by Crippen LogP contribution is 2.30. The van der Waals surface area contributed by atoms with Crippen molar-refractivity contribution in [3.8, 4) is 5.75 Å². The van der Waals surface area contributed by atoms with Crippen LogP contribution in [0.5, 0.6) is 5.75 Å². The van der Waals surface area contributed by atoms with Gasteiger partial charge in [0, 0.05) is 18.2 Å². The zero-order valence-electron chi connectivity index (χ0n) is 12.6. The molecule has 6 heteroatoms. The van der Waals surface area contributed by atoms with Crippen molar-refractivity contribution in [1.29, 1.82) is 0 Å². The van der Waals surface area contributed by atoms with Gasteiger partial charge in [0.1, 0.15) is 5.75 Å². The van der Waals surface area contributed by atoms with Crippen LogP contribution >= 0.6 is 0 Å². The molecule has 0 aliphatic carbocycles. The molecule has 2 unspecified atom stereocenters. The Morgan fingerprint density at radius 1 is 1.52 bits per heavy atom. The number of non-ortho nitro benzene ring substituents is 1. The molecule has 1 heterocycles. The maximum Gasteiger partial charge on any atom is 0.273 e. The summed E-state index contributed by atoms with van der Waals surface area (Å²) in [5, 5.41) is 17.7. The molecule has 2 rings (SSSR count). The molecule has 116 valence electrons. The number of benzene rings is 1. The topological polar surface area (TPSA) is 76.4 Å². The van der Waals surface area contributed by atoms with Gasteiger partial charge in [0.25, 0.3) is 5.69 Å². The zero-order valence-corrected chi connectivity index (χ0v) is 12.6. The third-order valence-electron chi connectivity index (χ3n) is 3.85. The molecule has 1 aliphatic heterocycles. The number of nitro benzene ring substituents is 1. The Bertz CT molecular complexity index is 487. The lowest BCUT2D eigenvalue weighted by Crippen LogP contribution is -2.37. The van der Waals surface area contributed by atoms with Crippen LogP contribution in [0.25, 0.3) is 0 Å². The quantitative estimate of drug-likeness (QED) is 0.623. The highest BCUT2D eigenvalue weighted by molar-refractivity contribution is 5.61. The molecule has 2 atom stereocenters. The van der Waals surface area contributed by atoms with E-state index < -0.39 is 4.92 Å². The monoisotopic (exact) mass is 293 g/mol.